The molecule has 1 aromatic rings. The number of allylic oxidation sites excluding steroid dienone is 2. The van der Waals surface area contributed by atoms with Crippen LogP contribution in [0.1, 0.15) is 52.8 Å². The van der Waals surface area contributed by atoms with Crippen molar-refractivity contribution in [3.8, 4) is 0 Å². The summed E-state index contributed by atoms with van der Waals surface area (Å²) in [7, 11) is 0. The van der Waals surface area contributed by atoms with E-state index in [4.69, 9.17) is 5.11 Å². The highest BCUT2D eigenvalue weighted by atomic mass is 16.4. The largest absolute Gasteiger partial charge is 0.481 e. The molecule has 0 aromatic heterocycles. The molecule has 0 unspecified atom stereocenters. The first-order valence-electron chi connectivity index (χ1n) is 8.40. The molecule has 24 heavy (non-hydrogen) atoms. The van der Waals surface area contributed by atoms with Crippen molar-refractivity contribution in [1.82, 2.24) is 4.90 Å². The molecule has 0 radical (unpaired) electrons. The molecule has 1 fully saturated rings. The van der Waals surface area contributed by atoms with E-state index in [-0.39, 0.29) is 18.2 Å². The number of carboxylic acids is 1. The van der Waals surface area contributed by atoms with Gasteiger partial charge in [0.25, 0.3) is 11.8 Å². The fourth-order valence-corrected chi connectivity index (χ4v) is 3.22. The number of benzene rings is 1. The van der Waals surface area contributed by atoms with E-state index in [1.54, 1.807) is 24.3 Å². The average molecular weight is 327 g/mol. The summed E-state index contributed by atoms with van der Waals surface area (Å²) in [4.78, 5) is 36.4. The molecule has 3 rings (SSSR count). The van der Waals surface area contributed by atoms with Crippen LogP contribution in [0.15, 0.2) is 36.4 Å². The Kier molecular flexibility index (Phi) is 4.79. The third-order valence-electron chi connectivity index (χ3n) is 4.73. The van der Waals surface area contributed by atoms with Crippen LogP contribution in [-0.2, 0) is 4.79 Å². The molecular weight excluding hydrogens is 306 g/mol. The number of nitrogens with zero attached hydrogens (tertiary/aromatic N) is 1. The van der Waals surface area contributed by atoms with E-state index < -0.39 is 5.97 Å². The van der Waals surface area contributed by atoms with Crippen LogP contribution in [0.2, 0.25) is 0 Å². The van der Waals surface area contributed by atoms with Gasteiger partial charge < -0.3 is 5.11 Å². The summed E-state index contributed by atoms with van der Waals surface area (Å²) in [6.07, 6.45) is 7.73. The molecule has 5 heteroatoms. The molecular formula is C19H21NO4. The van der Waals surface area contributed by atoms with Gasteiger partial charge in [0.1, 0.15) is 0 Å². The minimum absolute atomic E-state index is 0.175. The number of hydrogen-bond donors (Lipinski definition) is 1. The van der Waals surface area contributed by atoms with Crippen molar-refractivity contribution in [2.24, 2.45) is 11.8 Å². The maximum Gasteiger partial charge on any atom is 0.303 e. The molecule has 1 aliphatic carbocycles. The zero-order chi connectivity index (χ0) is 17.1. The number of hydrogen-bond acceptors (Lipinski definition) is 3. The fourth-order valence-electron chi connectivity index (χ4n) is 3.22. The Hall–Kier alpha value is -2.43. The third kappa shape index (κ3) is 3.55. The number of carbonyl (C=O) groups excluding carboxylic acids is 2. The van der Waals surface area contributed by atoms with Gasteiger partial charge in [-0.1, -0.05) is 24.3 Å². The van der Waals surface area contributed by atoms with Gasteiger partial charge in [-0.15, -0.1) is 0 Å². The number of carboxylic acid groups (broad SMARTS) is 1. The van der Waals surface area contributed by atoms with E-state index in [0.717, 1.165) is 19.3 Å². The number of amides is 2. The van der Waals surface area contributed by atoms with Gasteiger partial charge in [0, 0.05) is 13.0 Å². The summed E-state index contributed by atoms with van der Waals surface area (Å²) >= 11 is 0. The zero-order valence-electron chi connectivity index (χ0n) is 13.5. The first-order chi connectivity index (χ1) is 11.6. The lowest BCUT2D eigenvalue weighted by atomic mass is 10.1. The molecule has 1 aliphatic heterocycles. The lowest BCUT2D eigenvalue weighted by Gasteiger charge is -2.13. The van der Waals surface area contributed by atoms with Gasteiger partial charge in [0.2, 0.25) is 0 Å². The van der Waals surface area contributed by atoms with Gasteiger partial charge in [-0.05, 0) is 49.7 Å². The highest BCUT2D eigenvalue weighted by Crippen LogP contribution is 2.43. The molecule has 1 aromatic carbocycles. The summed E-state index contributed by atoms with van der Waals surface area (Å²) in [6.45, 7) is 0.504. The minimum Gasteiger partial charge on any atom is -0.481 e. The fraction of sp³-hybridized carbons (Fsp3) is 0.421. The molecule has 0 spiro atoms. The van der Waals surface area contributed by atoms with E-state index in [2.05, 4.69) is 6.08 Å². The first kappa shape index (κ1) is 16.4. The topological polar surface area (TPSA) is 74.7 Å². The second-order valence-electron chi connectivity index (χ2n) is 6.52. The van der Waals surface area contributed by atoms with Crippen LogP contribution in [0.3, 0.4) is 0 Å². The minimum atomic E-state index is -0.758. The van der Waals surface area contributed by atoms with Crippen molar-refractivity contribution in [1.29, 1.82) is 0 Å². The molecule has 2 amide bonds. The summed E-state index contributed by atoms with van der Waals surface area (Å²) in [5, 5.41) is 8.56. The Morgan fingerprint density at radius 1 is 1.12 bits per heavy atom. The van der Waals surface area contributed by atoms with E-state index in [1.165, 1.54) is 4.90 Å². The van der Waals surface area contributed by atoms with Crippen molar-refractivity contribution in [2.45, 2.75) is 32.1 Å². The van der Waals surface area contributed by atoms with Gasteiger partial charge in [0.15, 0.2) is 0 Å². The van der Waals surface area contributed by atoms with Crippen molar-refractivity contribution < 1.29 is 19.5 Å². The van der Waals surface area contributed by atoms with Crippen LogP contribution in [0, 0.1) is 11.8 Å². The van der Waals surface area contributed by atoms with Gasteiger partial charge in [0.05, 0.1) is 11.1 Å². The molecule has 1 heterocycles. The van der Waals surface area contributed by atoms with Gasteiger partial charge in [-0.3, -0.25) is 19.3 Å². The highest BCUT2D eigenvalue weighted by molar-refractivity contribution is 6.21. The third-order valence-corrected chi connectivity index (χ3v) is 4.73. The Bertz CT molecular complexity index is 659. The number of aliphatic carboxylic acids is 1. The second kappa shape index (κ2) is 6.99. The Labute approximate surface area is 141 Å². The zero-order valence-corrected chi connectivity index (χ0v) is 13.5. The first-order valence-corrected chi connectivity index (χ1v) is 8.40. The van der Waals surface area contributed by atoms with Crippen molar-refractivity contribution in [3.05, 3.63) is 47.5 Å². The van der Waals surface area contributed by atoms with Gasteiger partial charge in [-0.2, -0.15) is 0 Å². The Balaban J connectivity index is 1.43. The molecule has 126 valence electrons. The van der Waals surface area contributed by atoms with Gasteiger partial charge >= 0.3 is 5.97 Å². The summed E-state index contributed by atoms with van der Waals surface area (Å²) in [5.41, 5.74) is 1.02. The van der Waals surface area contributed by atoms with Crippen LogP contribution >= 0.6 is 0 Å². The standard InChI is InChI=1S/C19H21NO4/c21-17(22)10-4-2-1-3-7-13-11-14(13)12-20-18(23)15-8-5-6-9-16(15)19(20)24/h1,3,5-6,8-9,13-14H,2,4,7,10-12H2,(H,21,22)/b3-1-/t13-,14-/m1/s1. The SMILES string of the molecule is O=C(O)CCC/C=C\C[C@@H]1C[C@@H]1CN1C(=O)c2ccccc2C1=O. The van der Waals surface area contributed by atoms with E-state index >= 15 is 0 Å². The summed E-state index contributed by atoms with van der Waals surface area (Å²) in [6, 6.07) is 6.98. The van der Waals surface area contributed by atoms with Crippen molar-refractivity contribution in [3.63, 3.8) is 0 Å². The summed E-state index contributed by atoms with van der Waals surface area (Å²) in [5.74, 6) is -0.205. The quantitative estimate of drug-likeness (QED) is 0.452. The maximum atomic E-state index is 12.3. The normalized spacial score (nSPS) is 22.2. The highest BCUT2D eigenvalue weighted by Gasteiger charge is 2.43. The van der Waals surface area contributed by atoms with E-state index in [1.807, 2.05) is 6.08 Å². The van der Waals surface area contributed by atoms with Crippen LogP contribution in [0.5, 0.6) is 0 Å². The predicted octanol–water partition coefficient (Wildman–Crippen LogP) is 3.12. The molecule has 0 saturated heterocycles. The lowest BCUT2D eigenvalue weighted by Crippen LogP contribution is -2.32. The van der Waals surface area contributed by atoms with Crippen LogP contribution in [0.4, 0.5) is 0 Å². The molecule has 2 aliphatic rings. The summed E-state index contributed by atoms with van der Waals surface area (Å²) < 4.78 is 0. The monoisotopic (exact) mass is 327 g/mol. The van der Waals surface area contributed by atoms with Gasteiger partial charge in [-0.25, -0.2) is 0 Å². The number of unbranched alkanes of at least 4 members (excludes halogenated alkanes) is 1. The molecule has 5 nitrogen and oxygen atoms in total. The van der Waals surface area contributed by atoms with E-state index in [0.29, 0.717) is 35.9 Å². The maximum absolute atomic E-state index is 12.3. The average Bonchev–Trinajstić information content (AvgIpc) is 3.27. The smallest absolute Gasteiger partial charge is 0.303 e. The number of fused-ring (bicyclic) bond motifs is 1. The molecule has 1 N–H and O–H groups in total. The number of carbonyl (C=O) groups is 3. The lowest BCUT2D eigenvalue weighted by molar-refractivity contribution is -0.137. The molecule has 2 atom stereocenters. The Morgan fingerprint density at radius 2 is 1.79 bits per heavy atom. The van der Waals surface area contributed by atoms with Crippen LogP contribution in [-0.4, -0.2) is 34.3 Å². The second-order valence-corrected chi connectivity index (χ2v) is 6.52. The van der Waals surface area contributed by atoms with Crippen molar-refractivity contribution >= 4 is 17.8 Å². The predicted molar refractivity (Wildman–Crippen MR) is 88.6 cm³/mol. The van der Waals surface area contributed by atoms with E-state index in [9.17, 15) is 14.4 Å². The number of imide groups is 1. The Morgan fingerprint density at radius 3 is 2.42 bits per heavy atom. The molecule has 0 bridgehead atoms. The number of rotatable bonds is 8. The molecule has 1 saturated carbocycles. The van der Waals surface area contributed by atoms with Crippen molar-refractivity contribution in [2.75, 3.05) is 6.54 Å². The van der Waals surface area contributed by atoms with Crippen LogP contribution in [0.25, 0.3) is 0 Å². The van der Waals surface area contributed by atoms with Crippen LogP contribution < -0.4 is 0 Å².